The fraction of sp³-hybridized carbons (Fsp3) is 0.455. The minimum Gasteiger partial charge on any atom is -0.325 e. The smallest absolute Gasteiger partial charge is 0.224 e. The van der Waals surface area contributed by atoms with E-state index >= 15 is 0 Å². The topological polar surface area (TPSA) is 42.0 Å². The van der Waals surface area contributed by atoms with Gasteiger partial charge in [-0.2, -0.15) is 0 Å². The van der Waals surface area contributed by atoms with Crippen LogP contribution in [0.3, 0.4) is 0 Å². The van der Waals surface area contributed by atoms with E-state index in [1.165, 1.54) is 19.3 Å². The number of pyridine rings is 1. The summed E-state index contributed by atoms with van der Waals surface area (Å²) in [6, 6.07) is 1.85. The summed E-state index contributed by atoms with van der Waals surface area (Å²) in [5, 5.41) is 2.85. The number of anilines is 1. The third kappa shape index (κ3) is 3.02. The van der Waals surface area contributed by atoms with Gasteiger partial charge in [0, 0.05) is 17.1 Å². The molecule has 0 bridgehead atoms. The highest BCUT2D eigenvalue weighted by Gasteiger charge is 2.20. The lowest BCUT2D eigenvalue weighted by molar-refractivity contribution is -0.117. The Balaban J connectivity index is 1.87. The quantitative estimate of drug-likeness (QED) is 0.916. The Morgan fingerprint density at radius 1 is 1.53 bits per heavy atom. The average molecular weight is 269 g/mol. The van der Waals surface area contributed by atoms with Gasteiger partial charge in [-0.25, -0.2) is 0 Å². The highest BCUT2D eigenvalue weighted by molar-refractivity contribution is 9.10. The van der Waals surface area contributed by atoms with E-state index in [2.05, 4.69) is 26.2 Å². The Morgan fingerprint density at radius 2 is 2.33 bits per heavy atom. The van der Waals surface area contributed by atoms with Crippen molar-refractivity contribution >= 4 is 27.5 Å². The van der Waals surface area contributed by atoms with E-state index in [1.54, 1.807) is 12.4 Å². The van der Waals surface area contributed by atoms with E-state index < -0.39 is 0 Å². The molecule has 15 heavy (non-hydrogen) atoms. The number of nitrogens with zero attached hydrogens (tertiary/aromatic N) is 1. The van der Waals surface area contributed by atoms with E-state index in [1.807, 2.05) is 6.07 Å². The molecule has 1 amide bonds. The van der Waals surface area contributed by atoms with Crippen molar-refractivity contribution in [3.63, 3.8) is 0 Å². The van der Waals surface area contributed by atoms with Gasteiger partial charge >= 0.3 is 0 Å². The normalized spacial score (nSPS) is 15.8. The van der Waals surface area contributed by atoms with Crippen LogP contribution in [0.2, 0.25) is 0 Å². The van der Waals surface area contributed by atoms with Crippen molar-refractivity contribution in [3.05, 3.63) is 22.9 Å². The standard InChI is InChI=1S/C11H13BrN2O/c12-9-5-10(7-13-6-9)14-11(15)4-8-2-1-3-8/h5-8H,1-4H2,(H,14,15). The van der Waals surface area contributed by atoms with Crippen LogP contribution in [-0.4, -0.2) is 10.9 Å². The predicted molar refractivity (Wildman–Crippen MR) is 62.5 cm³/mol. The predicted octanol–water partition coefficient (Wildman–Crippen LogP) is 2.97. The third-order valence-corrected chi connectivity index (χ3v) is 3.12. The van der Waals surface area contributed by atoms with Crippen molar-refractivity contribution < 1.29 is 4.79 Å². The molecule has 0 radical (unpaired) electrons. The summed E-state index contributed by atoms with van der Waals surface area (Å²) in [5.41, 5.74) is 0.758. The highest BCUT2D eigenvalue weighted by Crippen LogP contribution is 2.29. The summed E-state index contributed by atoms with van der Waals surface area (Å²) in [4.78, 5) is 15.6. The summed E-state index contributed by atoms with van der Waals surface area (Å²) in [5.74, 6) is 0.699. The maximum Gasteiger partial charge on any atom is 0.224 e. The second-order valence-corrected chi connectivity index (χ2v) is 4.86. The average Bonchev–Trinajstić information content (AvgIpc) is 2.11. The van der Waals surface area contributed by atoms with E-state index in [4.69, 9.17) is 0 Å². The molecule has 1 aliphatic carbocycles. The van der Waals surface area contributed by atoms with Gasteiger partial charge in [-0.3, -0.25) is 9.78 Å². The van der Waals surface area contributed by atoms with Crippen LogP contribution in [0.1, 0.15) is 25.7 Å². The maximum atomic E-state index is 11.6. The molecule has 1 aromatic rings. The van der Waals surface area contributed by atoms with Gasteiger partial charge < -0.3 is 5.32 Å². The number of halogens is 1. The Kier molecular flexibility index (Phi) is 3.36. The Morgan fingerprint density at radius 3 is 2.93 bits per heavy atom. The Hall–Kier alpha value is -0.900. The summed E-state index contributed by atoms with van der Waals surface area (Å²) in [6.07, 6.45) is 7.67. The van der Waals surface area contributed by atoms with Crippen LogP contribution < -0.4 is 5.32 Å². The van der Waals surface area contributed by atoms with Gasteiger partial charge in [0.1, 0.15) is 0 Å². The summed E-state index contributed by atoms with van der Waals surface area (Å²) >= 11 is 3.31. The molecule has 1 aromatic heterocycles. The zero-order valence-corrected chi connectivity index (χ0v) is 9.96. The molecule has 0 saturated heterocycles. The molecule has 2 rings (SSSR count). The van der Waals surface area contributed by atoms with Crippen LogP contribution in [0.25, 0.3) is 0 Å². The van der Waals surface area contributed by atoms with Crippen LogP contribution >= 0.6 is 15.9 Å². The largest absolute Gasteiger partial charge is 0.325 e. The molecule has 1 aliphatic rings. The zero-order valence-electron chi connectivity index (χ0n) is 8.37. The minimum atomic E-state index is 0.0969. The van der Waals surface area contributed by atoms with Crippen LogP contribution in [-0.2, 0) is 4.79 Å². The van der Waals surface area contributed by atoms with Crippen molar-refractivity contribution in [3.8, 4) is 0 Å². The fourth-order valence-corrected chi connectivity index (χ4v) is 2.02. The maximum absolute atomic E-state index is 11.6. The lowest BCUT2D eigenvalue weighted by Crippen LogP contribution is -2.20. The van der Waals surface area contributed by atoms with Gasteiger partial charge in [0.05, 0.1) is 11.9 Å². The number of hydrogen-bond acceptors (Lipinski definition) is 2. The van der Waals surface area contributed by atoms with E-state index in [0.717, 1.165) is 10.2 Å². The van der Waals surface area contributed by atoms with Crippen molar-refractivity contribution in [1.82, 2.24) is 4.98 Å². The molecule has 1 fully saturated rings. The van der Waals surface area contributed by atoms with Crippen molar-refractivity contribution in [1.29, 1.82) is 0 Å². The Bertz CT molecular complexity index is 363. The number of nitrogens with one attached hydrogen (secondary N) is 1. The monoisotopic (exact) mass is 268 g/mol. The summed E-state index contributed by atoms with van der Waals surface area (Å²) < 4.78 is 0.879. The van der Waals surface area contributed by atoms with E-state index in [0.29, 0.717) is 12.3 Å². The number of carbonyl (C=O) groups excluding carboxylic acids is 1. The minimum absolute atomic E-state index is 0.0969. The summed E-state index contributed by atoms with van der Waals surface area (Å²) in [6.45, 7) is 0. The number of amides is 1. The highest BCUT2D eigenvalue weighted by atomic mass is 79.9. The molecule has 0 unspecified atom stereocenters. The zero-order chi connectivity index (χ0) is 10.7. The lowest BCUT2D eigenvalue weighted by atomic mass is 9.83. The first-order valence-corrected chi connectivity index (χ1v) is 5.94. The van der Waals surface area contributed by atoms with Gasteiger partial charge in [0.25, 0.3) is 0 Å². The second kappa shape index (κ2) is 4.75. The molecule has 4 heteroatoms. The summed E-state index contributed by atoms with van der Waals surface area (Å²) in [7, 11) is 0. The van der Waals surface area contributed by atoms with Crippen molar-refractivity contribution in [2.45, 2.75) is 25.7 Å². The second-order valence-electron chi connectivity index (χ2n) is 3.94. The van der Waals surface area contributed by atoms with Crippen LogP contribution in [0.4, 0.5) is 5.69 Å². The van der Waals surface area contributed by atoms with E-state index in [-0.39, 0.29) is 5.91 Å². The van der Waals surface area contributed by atoms with Gasteiger partial charge in [-0.1, -0.05) is 6.42 Å². The molecule has 1 N–H and O–H groups in total. The number of aromatic nitrogens is 1. The lowest BCUT2D eigenvalue weighted by Gasteiger charge is -2.24. The molecule has 0 aliphatic heterocycles. The van der Waals surface area contributed by atoms with Crippen LogP contribution in [0, 0.1) is 5.92 Å². The van der Waals surface area contributed by atoms with Gasteiger partial charge in [-0.05, 0) is 40.8 Å². The fourth-order valence-electron chi connectivity index (χ4n) is 1.65. The first kappa shape index (κ1) is 10.6. The van der Waals surface area contributed by atoms with Gasteiger partial charge in [-0.15, -0.1) is 0 Å². The van der Waals surface area contributed by atoms with Crippen LogP contribution in [0.5, 0.6) is 0 Å². The molecular formula is C11H13BrN2O. The van der Waals surface area contributed by atoms with Crippen molar-refractivity contribution in [2.24, 2.45) is 5.92 Å². The molecule has 1 heterocycles. The molecule has 3 nitrogen and oxygen atoms in total. The van der Waals surface area contributed by atoms with Crippen LogP contribution in [0.15, 0.2) is 22.9 Å². The number of rotatable bonds is 3. The van der Waals surface area contributed by atoms with E-state index in [9.17, 15) is 4.79 Å². The molecule has 80 valence electrons. The molecule has 0 aromatic carbocycles. The first-order chi connectivity index (χ1) is 7.24. The van der Waals surface area contributed by atoms with Gasteiger partial charge in [0.15, 0.2) is 0 Å². The third-order valence-electron chi connectivity index (χ3n) is 2.69. The molecular weight excluding hydrogens is 256 g/mol. The SMILES string of the molecule is O=C(CC1CCC1)Nc1cncc(Br)c1. The first-order valence-electron chi connectivity index (χ1n) is 5.14. The van der Waals surface area contributed by atoms with Crippen molar-refractivity contribution in [2.75, 3.05) is 5.32 Å². The molecule has 0 atom stereocenters. The number of hydrogen-bond donors (Lipinski definition) is 1. The Labute approximate surface area is 97.4 Å². The van der Waals surface area contributed by atoms with Gasteiger partial charge in [0.2, 0.25) is 5.91 Å². The molecule has 1 saturated carbocycles. The number of carbonyl (C=O) groups is 1. The molecule has 0 spiro atoms.